The Morgan fingerprint density at radius 1 is 0.939 bits per heavy atom. The highest BCUT2D eigenvalue weighted by Crippen LogP contribution is 2.35. The van der Waals surface area contributed by atoms with Crippen molar-refractivity contribution in [1.82, 2.24) is 0 Å². The minimum atomic E-state index is -4.57. The Morgan fingerprint density at radius 3 is 2.00 bits per heavy atom. The topological polar surface area (TPSA) is 84.6 Å². The van der Waals surface area contributed by atoms with Gasteiger partial charge in [0.1, 0.15) is 17.1 Å². The van der Waals surface area contributed by atoms with Crippen LogP contribution in [0.3, 0.4) is 0 Å². The molecule has 3 rings (SSSR count). The number of hydrogen-bond donors (Lipinski definition) is 1. The second kappa shape index (κ2) is 8.70. The molecule has 1 N–H and O–H groups in total. The van der Waals surface area contributed by atoms with Gasteiger partial charge in [-0.1, -0.05) is 17.7 Å². The lowest BCUT2D eigenvalue weighted by atomic mass is 9.93. The van der Waals surface area contributed by atoms with Gasteiger partial charge in [0.15, 0.2) is 9.84 Å². The maximum atomic E-state index is 12.7. The summed E-state index contributed by atoms with van der Waals surface area (Å²) in [4.78, 5) is 12.5. The average Bonchev–Trinajstić information content (AvgIpc) is 2.71. The van der Waals surface area contributed by atoms with Crippen LogP contribution in [0.2, 0.25) is 0 Å². The largest absolute Gasteiger partial charge is 0.507 e. The van der Waals surface area contributed by atoms with Crippen LogP contribution in [-0.2, 0) is 22.4 Å². The standard InChI is InChI=1S/C24H23F3O5S/c1-13-11-14(2)20(15(3)12-13)21-22(28)16(4)19(32-23(21)29)9-10-33(30,31)18-7-5-17(6-8-18)24(25,26)27/h5-8,11-12,28H,9-10H2,1-4H3. The molecular weight excluding hydrogens is 457 g/mol. The fraction of sp³-hybridized carbons (Fsp3) is 0.292. The predicted molar refractivity (Wildman–Crippen MR) is 118 cm³/mol. The monoisotopic (exact) mass is 480 g/mol. The zero-order valence-electron chi connectivity index (χ0n) is 18.5. The van der Waals surface area contributed by atoms with Gasteiger partial charge in [-0.25, -0.2) is 13.2 Å². The molecular formula is C24H23F3O5S. The number of halogens is 3. The van der Waals surface area contributed by atoms with Crippen molar-refractivity contribution >= 4 is 9.84 Å². The average molecular weight is 481 g/mol. The Hall–Kier alpha value is -3.07. The number of alkyl halides is 3. The molecule has 0 bridgehead atoms. The summed E-state index contributed by atoms with van der Waals surface area (Å²) in [5, 5.41) is 10.8. The molecule has 0 amide bonds. The van der Waals surface area contributed by atoms with E-state index in [4.69, 9.17) is 4.42 Å². The molecule has 33 heavy (non-hydrogen) atoms. The highest BCUT2D eigenvalue weighted by Gasteiger charge is 2.31. The molecule has 3 aromatic rings. The van der Waals surface area contributed by atoms with Crippen LogP contribution in [0.15, 0.2) is 50.5 Å². The number of aryl methyl sites for hydroxylation is 4. The molecule has 0 radical (unpaired) electrons. The number of aromatic hydroxyl groups is 1. The summed E-state index contributed by atoms with van der Waals surface area (Å²) in [5.41, 5.74) is 1.61. The third-order valence-corrected chi connectivity index (χ3v) is 7.23. The molecule has 0 atom stereocenters. The van der Waals surface area contributed by atoms with Crippen molar-refractivity contribution in [1.29, 1.82) is 0 Å². The van der Waals surface area contributed by atoms with Gasteiger partial charge in [-0.2, -0.15) is 13.2 Å². The van der Waals surface area contributed by atoms with Gasteiger partial charge in [-0.3, -0.25) is 0 Å². The lowest BCUT2D eigenvalue weighted by Crippen LogP contribution is -2.14. The first-order valence-electron chi connectivity index (χ1n) is 10.1. The summed E-state index contributed by atoms with van der Waals surface area (Å²) in [7, 11) is -3.95. The molecule has 0 saturated heterocycles. The Bertz CT molecular complexity index is 1350. The molecule has 2 aromatic carbocycles. The number of rotatable bonds is 5. The number of benzene rings is 2. The highest BCUT2D eigenvalue weighted by molar-refractivity contribution is 7.91. The number of hydrogen-bond acceptors (Lipinski definition) is 5. The zero-order valence-corrected chi connectivity index (χ0v) is 19.3. The second-order valence-corrected chi connectivity index (χ2v) is 10.1. The lowest BCUT2D eigenvalue weighted by Gasteiger charge is -2.15. The molecule has 0 unspecified atom stereocenters. The first-order valence-corrected chi connectivity index (χ1v) is 11.7. The van der Waals surface area contributed by atoms with Gasteiger partial charge in [-0.05, 0) is 68.7 Å². The van der Waals surface area contributed by atoms with E-state index in [0.29, 0.717) is 17.7 Å². The third kappa shape index (κ3) is 4.98. The van der Waals surface area contributed by atoms with Crippen molar-refractivity contribution in [2.45, 2.75) is 45.2 Å². The Kier molecular flexibility index (Phi) is 6.48. The van der Waals surface area contributed by atoms with Crippen molar-refractivity contribution in [3.8, 4) is 16.9 Å². The van der Waals surface area contributed by atoms with E-state index >= 15 is 0 Å². The van der Waals surface area contributed by atoms with E-state index in [1.165, 1.54) is 6.92 Å². The molecule has 1 heterocycles. The molecule has 1 aromatic heterocycles. The van der Waals surface area contributed by atoms with E-state index in [1.54, 1.807) is 0 Å². The van der Waals surface area contributed by atoms with Gasteiger partial charge >= 0.3 is 11.8 Å². The summed E-state index contributed by atoms with van der Waals surface area (Å²) in [5.74, 6) is -0.800. The fourth-order valence-corrected chi connectivity index (χ4v) is 5.13. The van der Waals surface area contributed by atoms with Gasteiger partial charge in [0.05, 0.1) is 16.2 Å². The molecule has 0 saturated carbocycles. The summed E-state index contributed by atoms with van der Waals surface area (Å²) in [6, 6.07) is 6.94. The predicted octanol–water partition coefficient (Wildman–Crippen LogP) is 5.28. The van der Waals surface area contributed by atoms with Crippen LogP contribution in [0.1, 0.15) is 33.6 Å². The lowest BCUT2D eigenvalue weighted by molar-refractivity contribution is -0.137. The summed E-state index contributed by atoms with van der Waals surface area (Å²) >= 11 is 0. The SMILES string of the molecule is Cc1cc(C)c(-c2c(O)c(C)c(CCS(=O)(=O)c3ccc(C(F)(F)F)cc3)oc2=O)c(C)c1. The molecule has 9 heteroatoms. The van der Waals surface area contributed by atoms with Gasteiger partial charge in [0.25, 0.3) is 0 Å². The summed E-state index contributed by atoms with van der Waals surface area (Å²) in [6.07, 6.45) is -4.81. The van der Waals surface area contributed by atoms with E-state index < -0.39 is 33.0 Å². The second-order valence-electron chi connectivity index (χ2n) is 8.03. The van der Waals surface area contributed by atoms with Gasteiger partial charge in [0, 0.05) is 12.0 Å². The fourth-order valence-electron chi connectivity index (χ4n) is 3.89. The minimum absolute atomic E-state index is 0.000783. The van der Waals surface area contributed by atoms with Crippen molar-refractivity contribution in [2.75, 3.05) is 5.75 Å². The molecule has 5 nitrogen and oxygen atoms in total. The Labute approximate surface area is 189 Å². The van der Waals surface area contributed by atoms with Crippen molar-refractivity contribution in [3.05, 3.63) is 80.4 Å². The van der Waals surface area contributed by atoms with E-state index in [-0.39, 0.29) is 34.0 Å². The van der Waals surface area contributed by atoms with Crippen LogP contribution in [0.25, 0.3) is 11.1 Å². The maximum absolute atomic E-state index is 12.7. The van der Waals surface area contributed by atoms with Crippen LogP contribution >= 0.6 is 0 Å². The van der Waals surface area contributed by atoms with Gasteiger partial charge in [-0.15, -0.1) is 0 Å². The van der Waals surface area contributed by atoms with E-state index in [0.717, 1.165) is 28.8 Å². The van der Waals surface area contributed by atoms with Crippen LogP contribution in [0, 0.1) is 27.7 Å². The minimum Gasteiger partial charge on any atom is -0.507 e. The molecule has 176 valence electrons. The van der Waals surface area contributed by atoms with Gasteiger partial charge in [0.2, 0.25) is 0 Å². The molecule has 0 aliphatic heterocycles. The summed E-state index contributed by atoms with van der Waals surface area (Å²) in [6.45, 7) is 7.06. The van der Waals surface area contributed by atoms with Crippen LogP contribution in [0.4, 0.5) is 13.2 Å². The normalized spacial score (nSPS) is 12.2. The van der Waals surface area contributed by atoms with E-state index in [2.05, 4.69) is 0 Å². The van der Waals surface area contributed by atoms with Crippen LogP contribution < -0.4 is 5.63 Å². The Balaban J connectivity index is 1.93. The molecule has 0 aliphatic carbocycles. The van der Waals surface area contributed by atoms with Crippen LogP contribution in [0.5, 0.6) is 5.75 Å². The molecule has 0 fully saturated rings. The van der Waals surface area contributed by atoms with E-state index in [1.807, 2.05) is 32.9 Å². The molecule has 0 spiro atoms. The molecule has 0 aliphatic rings. The quantitative estimate of drug-likeness (QED) is 0.537. The third-order valence-electron chi connectivity index (χ3n) is 5.50. The zero-order chi connectivity index (χ0) is 24.7. The van der Waals surface area contributed by atoms with Crippen molar-refractivity contribution in [3.63, 3.8) is 0 Å². The first kappa shape index (κ1) is 24.6. The smallest absolute Gasteiger partial charge is 0.416 e. The Morgan fingerprint density at radius 2 is 1.48 bits per heavy atom. The van der Waals surface area contributed by atoms with Crippen molar-refractivity contribution in [2.24, 2.45) is 0 Å². The van der Waals surface area contributed by atoms with E-state index in [9.17, 15) is 31.5 Å². The maximum Gasteiger partial charge on any atom is 0.416 e. The van der Waals surface area contributed by atoms with Crippen LogP contribution in [-0.4, -0.2) is 19.3 Å². The van der Waals surface area contributed by atoms with Gasteiger partial charge < -0.3 is 9.52 Å². The summed E-state index contributed by atoms with van der Waals surface area (Å²) < 4.78 is 68.7. The highest BCUT2D eigenvalue weighted by atomic mass is 32.2. The van der Waals surface area contributed by atoms with Crippen molar-refractivity contribution < 1.29 is 31.1 Å². The first-order chi connectivity index (χ1) is 15.2. The number of sulfone groups is 1.